The lowest BCUT2D eigenvalue weighted by Gasteiger charge is -2.14. The van der Waals surface area contributed by atoms with Crippen LogP contribution in [-0.4, -0.2) is 16.5 Å². The summed E-state index contributed by atoms with van der Waals surface area (Å²) in [5.74, 6) is -0.0639. The van der Waals surface area contributed by atoms with Gasteiger partial charge in [0, 0.05) is 35.4 Å². The minimum absolute atomic E-state index is 0.160. The van der Waals surface area contributed by atoms with Crippen LogP contribution in [0.4, 0.5) is 4.39 Å². The third-order valence-corrected chi connectivity index (χ3v) is 3.63. The Morgan fingerprint density at radius 1 is 1.20 bits per heavy atom. The van der Waals surface area contributed by atoms with E-state index in [1.807, 2.05) is 18.3 Å². The fourth-order valence-electron chi connectivity index (χ4n) is 2.58. The molecular formula is C16H16FN3. The topological polar surface area (TPSA) is 54.7 Å². The maximum absolute atomic E-state index is 13.4. The molecule has 0 aliphatic rings. The Kier molecular flexibility index (Phi) is 3.48. The molecule has 3 N–H and O–H groups in total. The Morgan fingerprint density at radius 3 is 2.75 bits per heavy atom. The normalized spacial score (nSPS) is 12.7. The van der Waals surface area contributed by atoms with Crippen LogP contribution in [0.25, 0.3) is 10.9 Å². The standard InChI is InChI=1S/C16H16FN3/c17-13-1-2-16-14(8-13)15(10-20-16)12(9-18)7-11-3-5-19-6-4-11/h1-6,8,10,12,20H,7,9,18H2. The predicted octanol–water partition coefficient (Wildman–Crippen LogP) is 2.99. The highest BCUT2D eigenvalue weighted by atomic mass is 19.1. The summed E-state index contributed by atoms with van der Waals surface area (Å²) in [7, 11) is 0. The molecule has 0 fully saturated rings. The molecule has 0 bridgehead atoms. The van der Waals surface area contributed by atoms with Crippen LogP contribution >= 0.6 is 0 Å². The zero-order chi connectivity index (χ0) is 13.9. The molecule has 1 aromatic carbocycles. The maximum atomic E-state index is 13.4. The van der Waals surface area contributed by atoms with E-state index in [1.165, 1.54) is 11.6 Å². The molecule has 1 unspecified atom stereocenters. The predicted molar refractivity (Wildman–Crippen MR) is 78.0 cm³/mol. The van der Waals surface area contributed by atoms with Crippen molar-refractivity contribution in [3.63, 3.8) is 0 Å². The summed E-state index contributed by atoms with van der Waals surface area (Å²) in [5, 5.41) is 0.912. The number of hydrogen-bond acceptors (Lipinski definition) is 2. The van der Waals surface area contributed by atoms with Crippen molar-refractivity contribution in [2.75, 3.05) is 6.54 Å². The van der Waals surface area contributed by atoms with Crippen LogP contribution in [0.5, 0.6) is 0 Å². The van der Waals surface area contributed by atoms with E-state index in [1.54, 1.807) is 24.5 Å². The number of halogens is 1. The molecule has 0 saturated heterocycles. The fourth-order valence-corrected chi connectivity index (χ4v) is 2.58. The zero-order valence-electron chi connectivity index (χ0n) is 11.0. The lowest BCUT2D eigenvalue weighted by molar-refractivity contribution is 0.629. The van der Waals surface area contributed by atoms with Gasteiger partial charge in [0.05, 0.1) is 0 Å². The number of nitrogens with zero attached hydrogens (tertiary/aromatic N) is 1. The average molecular weight is 269 g/mol. The number of pyridine rings is 1. The van der Waals surface area contributed by atoms with Crippen molar-refractivity contribution in [3.8, 4) is 0 Å². The molecule has 0 saturated carbocycles. The van der Waals surface area contributed by atoms with E-state index in [4.69, 9.17) is 5.73 Å². The summed E-state index contributed by atoms with van der Waals surface area (Å²) in [5.41, 5.74) is 9.11. The van der Waals surface area contributed by atoms with Gasteiger partial charge in [0.15, 0.2) is 0 Å². The smallest absolute Gasteiger partial charge is 0.123 e. The summed E-state index contributed by atoms with van der Waals surface area (Å²) in [6.45, 7) is 0.520. The number of rotatable bonds is 4. The van der Waals surface area contributed by atoms with E-state index in [9.17, 15) is 4.39 Å². The molecule has 0 spiro atoms. The molecule has 2 heterocycles. The number of benzene rings is 1. The highest BCUT2D eigenvalue weighted by Gasteiger charge is 2.15. The molecule has 20 heavy (non-hydrogen) atoms. The molecule has 3 rings (SSSR count). The first kappa shape index (κ1) is 12.8. The highest BCUT2D eigenvalue weighted by molar-refractivity contribution is 5.83. The second kappa shape index (κ2) is 5.43. The number of nitrogens with two attached hydrogens (primary N) is 1. The van der Waals surface area contributed by atoms with Gasteiger partial charge < -0.3 is 10.7 Å². The summed E-state index contributed by atoms with van der Waals surface area (Å²) in [6.07, 6.45) is 6.31. The highest BCUT2D eigenvalue weighted by Crippen LogP contribution is 2.28. The molecule has 4 heteroatoms. The van der Waals surface area contributed by atoms with Gasteiger partial charge in [-0.25, -0.2) is 4.39 Å². The summed E-state index contributed by atoms with van der Waals surface area (Å²) in [6, 6.07) is 8.75. The molecule has 0 aliphatic carbocycles. The van der Waals surface area contributed by atoms with Crippen LogP contribution in [0.2, 0.25) is 0 Å². The zero-order valence-corrected chi connectivity index (χ0v) is 11.0. The van der Waals surface area contributed by atoms with Gasteiger partial charge in [0.25, 0.3) is 0 Å². The third kappa shape index (κ3) is 2.42. The van der Waals surface area contributed by atoms with Gasteiger partial charge >= 0.3 is 0 Å². The van der Waals surface area contributed by atoms with Crippen LogP contribution in [0.3, 0.4) is 0 Å². The molecular weight excluding hydrogens is 253 g/mol. The SMILES string of the molecule is NCC(Cc1ccncc1)c1c[nH]c2ccc(F)cc12. The van der Waals surface area contributed by atoms with Crippen molar-refractivity contribution in [1.82, 2.24) is 9.97 Å². The van der Waals surface area contributed by atoms with Gasteiger partial charge in [-0.1, -0.05) is 0 Å². The van der Waals surface area contributed by atoms with E-state index < -0.39 is 0 Å². The van der Waals surface area contributed by atoms with E-state index >= 15 is 0 Å². The Balaban J connectivity index is 1.97. The van der Waals surface area contributed by atoms with Gasteiger partial charge in [-0.15, -0.1) is 0 Å². The number of hydrogen-bond donors (Lipinski definition) is 2. The van der Waals surface area contributed by atoms with Crippen LogP contribution in [0, 0.1) is 5.82 Å². The van der Waals surface area contributed by atoms with Crippen LogP contribution < -0.4 is 5.73 Å². The lowest BCUT2D eigenvalue weighted by atomic mass is 9.92. The Morgan fingerprint density at radius 2 is 2.00 bits per heavy atom. The summed E-state index contributed by atoms with van der Waals surface area (Å²) >= 11 is 0. The van der Waals surface area contributed by atoms with E-state index in [2.05, 4.69) is 9.97 Å². The van der Waals surface area contributed by atoms with Gasteiger partial charge in [-0.3, -0.25) is 4.98 Å². The largest absolute Gasteiger partial charge is 0.361 e. The molecule has 1 atom stereocenters. The first-order valence-electron chi connectivity index (χ1n) is 6.63. The number of aromatic nitrogens is 2. The minimum atomic E-state index is -0.224. The Hall–Kier alpha value is -2.20. The molecule has 102 valence electrons. The van der Waals surface area contributed by atoms with Crippen molar-refractivity contribution in [2.24, 2.45) is 5.73 Å². The van der Waals surface area contributed by atoms with E-state index in [-0.39, 0.29) is 11.7 Å². The molecule has 3 nitrogen and oxygen atoms in total. The molecule has 2 aromatic heterocycles. The first-order chi connectivity index (χ1) is 9.78. The molecule has 0 amide bonds. The van der Waals surface area contributed by atoms with Gasteiger partial charge in [0.2, 0.25) is 0 Å². The fraction of sp³-hybridized carbons (Fsp3) is 0.188. The molecule has 0 radical (unpaired) electrons. The van der Waals surface area contributed by atoms with Crippen molar-refractivity contribution in [3.05, 3.63) is 65.9 Å². The monoisotopic (exact) mass is 269 g/mol. The average Bonchev–Trinajstić information content (AvgIpc) is 2.89. The van der Waals surface area contributed by atoms with Gasteiger partial charge in [-0.2, -0.15) is 0 Å². The van der Waals surface area contributed by atoms with Crippen molar-refractivity contribution in [1.29, 1.82) is 0 Å². The number of H-pyrrole nitrogens is 1. The van der Waals surface area contributed by atoms with Crippen LogP contribution in [0.15, 0.2) is 48.9 Å². The van der Waals surface area contributed by atoms with E-state index in [0.29, 0.717) is 6.54 Å². The van der Waals surface area contributed by atoms with Gasteiger partial charge in [0.1, 0.15) is 5.82 Å². The summed E-state index contributed by atoms with van der Waals surface area (Å²) < 4.78 is 13.4. The van der Waals surface area contributed by atoms with Gasteiger partial charge in [-0.05, 0) is 54.4 Å². The van der Waals surface area contributed by atoms with Crippen molar-refractivity contribution < 1.29 is 4.39 Å². The first-order valence-corrected chi connectivity index (χ1v) is 6.63. The second-order valence-electron chi connectivity index (χ2n) is 4.93. The van der Waals surface area contributed by atoms with Crippen LogP contribution in [-0.2, 0) is 6.42 Å². The number of fused-ring (bicyclic) bond motifs is 1. The lowest BCUT2D eigenvalue weighted by Crippen LogP contribution is -2.14. The molecule has 3 aromatic rings. The number of aromatic amines is 1. The minimum Gasteiger partial charge on any atom is -0.361 e. The van der Waals surface area contributed by atoms with Crippen molar-refractivity contribution >= 4 is 10.9 Å². The maximum Gasteiger partial charge on any atom is 0.123 e. The quantitative estimate of drug-likeness (QED) is 0.765. The van der Waals surface area contributed by atoms with Crippen LogP contribution in [0.1, 0.15) is 17.0 Å². The Bertz CT molecular complexity index is 706. The Labute approximate surface area is 116 Å². The van der Waals surface area contributed by atoms with E-state index in [0.717, 1.165) is 22.9 Å². The second-order valence-corrected chi connectivity index (χ2v) is 4.93. The third-order valence-electron chi connectivity index (χ3n) is 3.63. The van der Waals surface area contributed by atoms with Crippen molar-refractivity contribution in [2.45, 2.75) is 12.3 Å². The number of nitrogens with one attached hydrogen (secondary N) is 1. The summed E-state index contributed by atoms with van der Waals surface area (Å²) in [4.78, 5) is 7.20. The molecule has 0 aliphatic heterocycles.